The number of carbonyl (C=O) groups excluding carboxylic acids is 1. The summed E-state index contributed by atoms with van der Waals surface area (Å²) >= 11 is 0. The van der Waals surface area contributed by atoms with Crippen LogP contribution in [0.1, 0.15) is 13.8 Å². The van der Waals surface area contributed by atoms with Crippen molar-refractivity contribution in [1.82, 2.24) is 0 Å². The smallest absolute Gasteiger partial charge is 0.870 e. The fraction of sp³-hybridized carbons (Fsp3) is 0.833. The molecule has 1 fully saturated rings. The van der Waals surface area contributed by atoms with Gasteiger partial charge in [0.1, 0.15) is 0 Å². The SMILES string of the molecule is CC1(C)OC[C@@H]([C-]=O)O1.[Li+].[OH-]. The molecule has 0 aromatic rings. The van der Waals surface area contributed by atoms with Crippen LogP contribution in [-0.4, -0.2) is 30.3 Å². The van der Waals surface area contributed by atoms with E-state index >= 15 is 0 Å². The number of hydrogen-bond donors (Lipinski definition) is 0. The molecule has 1 aliphatic heterocycles. The number of hydrogen-bond acceptors (Lipinski definition) is 4. The summed E-state index contributed by atoms with van der Waals surface area (Å²) in [6.45, 7) is 3.87. The van der Waals surface area contributed by atoms with Crippen molar-refractivity contribution in [2.24, 2.45) is 0 Å². The van der Waals surface area contributed by atoms with Crippen LogP contribution in [0.3, 0.4) is 0 Å². The molecule has 0 radical (unpaired) electrons. The summed E-state index contributed by atoms with van der Waals surface area (Å²) in [6, 6.07) is 0. The van der Waals surface area contributed by atoms with Gasteiger partial charge in [0.25, 0.3) is 0 Å². The largest absolute Gasteiger partial charge is 1.00 e. The molecule has 0 spiro atoms. The maximum Gasteiger partial charge on any atom is 1.00 e. The first kappa shape index (κ1) is 13.7. The molecule has 0 bridgehead atoms. The molecule has 4 nitrogen and oxygen atoms in total. The molecule has 5 heteroatoms. The first-order valence-electron chi connectivity index (χ1n) is 2.83. The van der Waals surface area contributed by atoms with Crippen molar-refractivity contribution >= 4 is 6.29 Å². The van der Waals surface area contributed by atoms with Crippen LogP contribution in [0.4, 0.5) is 0 Å². The molecule has 1 N–H and O–H groups in total. The molecule has 1 saturated heterocycles. The van der Waals surface area contributed by atoms with Gasteiger partial charge >= 0.3 is 18.9 Å². The maximum atomic E-state index is 9.96. The summed E-state index contributed by atoms with van der Waals surface area (Å²) in [7, 11) is 0. The van der Waals surface area contributed by atoms with Crippen LogP contribution in [0.5, 0.6) is 0 Å². The van der Waals surface area contributed by atoms with Gasteiger partial charge in [-0.3, -0.25) is 0 Å². The second kappa shape index (κ2) is 4.91. The molecular weight excluding hydrogens is 143 g/mol. The van der Waals surface area contributed by atoms with E-state index in [9.17, 15) is 4.79 Å². The van der Waals surface area contributed by atoms with E-state index in [1.807, 2.05) is 0 Å². The van der Waals surface area contributed by atoms with Gasteiger partial charge in [-0.25, -0.2) is 6.29 Å². The van der Waals surface area contributed by atoms with E-state index < -0.39 is 11.9 Å². The zero-order valence-electron chi connectivity index (χ0n) is 6.96. The molecule has 60 valence electrons. The van der Waals surface area contributed by atoms with E-state index in [4.69, 9.17) is 9.47 Å². The predicted octanol–water partition coefficient (Wildman–Crippen LogP) is -2.93. The molecule has 0 saturated carbocycles. The average Bonchev–Trinajstić information content (AvgIpc) is 2.10. The summed E-state index contributed by atoms with van der Waals surface area (Å²) in [4.78, 5) is 9.96. The fourth-order valence-electron chi connectivity index (χ4n) is 0.745. The Morgan fingerprint density at radius 3 is 2.27 bits per heavy atom. The van der Waals surface area contributed by atoms with E-state index in [0.29, 0.717) is 6.61 Å². The average molecular weight is 153 g/mol. The zero-order valence-corrected chi connectivity index (χ0v) is 6.96. The monoisotopic (exact) mass is 153 g/mol. The molecular formula is C6H10LiO4-. The van der Waals surface area contributed by atoms with Crippen LogP contribution in [0.15, 0.2) is 0 Å². The summed E-state index contributed by atoms with van der Waals surface area (Å²) in [6.07, 6.45) is 1.24. The van der Waals surface area contributed by atoms with Crippen molar-refractivity contribution in [3.8, 4) is 0 Å². The van der Waals surface area contributed by atoms with Crippen molar-refractivity contribution in [2.45, 2.75) is 25.7 Å². The van der Waals surface area contributed by atoms with E-state index in [2.05, 4.69) is 0 Å². The Bertz CT molecular complexity index is 126. The van der Waals surface area contributed by atoms with E-state index in [1.165, 1.54) is 0 Å². The van der Waals surface area contributed by atoms with Gasteiger partial charge in [-0.2, -0.15) is 0 Å². The van der Waals surface area contributed by atoms with Crippen molar-refractivity contribution in [3.05, 3.63) is 0 Å². The topological polar surface area (TPSA) is 65.5 Å². The minimum Gasteiger partial charge on any atom is -0.870 e. The number of ether oxygens (including phenoxy) is 2. The summed E-state index contributed by atoms with van der Waals surface area (Å²) in [5.41, 5.74) is 0. The van der Waals surface area contributed by atoms with Gasteiger partial charge in [0.2, 0.25) is 0 Å². The van der Waals surface area contributed by atoms with Crippen molar-refractivity contribution in [1.29, 1.82) is 0 Å². The van der Waals surface area contributed by atoms with E-state index in [0.717, 1.165) is 0 Å². The van der Waals surface area contributed by atoms with Gasteiger partial charge in [-0.05, 0) is 20.0 Å². The quantitative estimate of drug-likeness (QED) is 0.299. The molecule has 0 aromatic heterocycles. The third-order valence-corrected chi connectivity index (χ3v) is 1.14. The Hall–Kier alpha value is 0.147. The van der Waals surface area contributed by atoms with Crippen LogP contribution in [0, 0.1) is 0 Å². The Morgan fingerprint density at radius 2 is 2.09 bits per heavy atom. The third kappa shape index (κ3) is 3.90. The third-order valence-electron chi connectivity index (χ3n) is 1.14. The molecule has 0 amide bonds. The molecule has 1 heterocycles. The molecule has 0 aromatic carbocycles. The minimum atomic E-state index is -0.595. The van der Waals surface area contributed by atoms with Gasteiger partial charge in [0.05, 0.1) is 6.61 Å². The Labute approximate surface area is 77.7 Å². The molecule has 1 aliphatic rings. The van der Waals surface area contributed by atoms with Gasteiger partial charge in [-0.1, -0.05) is 0 Å². The van der Waals surface area contributed by atoms with E-state index in [1.54, 1.807) is 20.1 Å². The molecule has 11 heavy (non-hydrogen) atoms. The van der Waals surface area contributed by atoms with Crippen molar-refractivity contribution in [3.63, 3.8) is 0 Å². The van der Waals surface area contributed by atoms with Crippen LogP contribution >= 0.6 is 0 Å². The van der Waals surface area contributed by atoms with Gasteiger partial charge in [-0.15, -0.1) is 0 Å². The van der Waals surface area contributed by atoms with Crippen LogP contribution in [0.2, 0.25) is 0 Å². The zero-order chi connectivity index (χ0) is 6.91. The summed E-state index contributed by atoms with van der Waals surface area (Å²) in [5.74, 6) is -0.595. The second-order valence-electron chi connectivity index (χ2n) is 2.44. The normalized spacial score (nSPS) is 26.5. The van der Waals surface area contributed by atoms with Gasteiger partial charge < -0.3 is 19.7 Å². The van der Waals surface area contributed by atoms with Crippen LogP contribution in [0.25, 0.3) is 0 Å². The van der Waals surface area contributed by atoms with Crippen molar-refractivity contribution in [2.75, 3.05) is 6.61 Å². The fourth-order valence-corrected chi connectivity index (χ4v) is 0.745. The Morgan fingerprint density at radius 1 is 1.55 bits per heavy atom. The molecule has 0 aliphatic carbocycles. The number of rotatable bonds is 1. The second-order valence-corrected chi connectivity index (χ2v) is 2.44. The predicted molar refractivity (Wildman–Crippen MR) is 32.5 cm³/mol. The molecule has 0 unspecified atom stereocenters. The van der Waals surface area contributed by atoms with Gasteiger partial charge in [0.15, 0.2) is 5.79 Å². The summed E-state index contributed by atoms with van der Waals surface area (Å²) < 4.78 is 10.1. The van der Waals surface area contributed by atoms with Crippen LogP contribution < -0.4 is 18.9 Å². The van der Waals surface area contributed by atoms with E-state index in [-0.39, 0.29) is 24.3 Å². The van der Waals surface area contributed by atoms with Crippen LogP contribution in [-0.2, 0) is 14.3 Å². The minimum absolute atomic E-state index is 0. The standard InChI is InChI=1S/C6H9O3.Li.H2O/c1-6(2)8-4-5(3-7)9-6;;/h5H,4H2,1-2H3;;1H2/q-1;+1;/p-1/t5-;;/m1../s1. The first-order valence-corrected chi connectivity index (χ1v) is 2.83. The Balaban J connectivity index is 0. The molecule has 1 atom stereocenters. The summed E-state index contributed by atoms with van der Waals surface area (Å²) in [5, 5.41) is 0. The van der Waals surface area contributed by atoms with Crippen molar-refractivity contribution < 1.29 is 38.6 Å². The van der Waals surface area contributed by atoms with Gasteiger partial charge in [0, 0.05) is 0 Å². The Kier molecular flexibility index (Phi) is 6.13. The molecule has 1 rings (SSSR count). The maximum absolute atomic E-state index is 9.96. The first-order chi connectivity index (χ1) is 4.14.